The number of hydrogen-bond donors (Lipinski definition) is 0. The Bertz CT molecular complexity index is 537. The number of hydrogen-bond acceptors (Lipinski definition) is 2. The van der Waals surface area contributed by atoms with Crippen LogP contribution >= 0.6 is 15.9 Å². The molecule has 2 aromatic rings. The first kappa shape index (κ1) is 10.9. The number of aromatic nitrogens is 2. The predicted molar refractivity (Wildman–Crippen MR) is 65.3 cm³/mol. The number of aryl methyl sites for hydroxylation is 1. The number of nitriles is 1. The van der Waals surface area contributed by atoms with E-state index in [2.05, 4.69) is 27.1 Å². The molecule has 80 valence electrons. The van der Waals surface area contributed by atoms with Crippen molar-refractivity contribution in [3.63, 3.8) is 0 Å². The Hall–Kier alpha value is -1.60. The zero-order valence-electron chi connectivity index (χ0n) is 8.81. The maximum absolute atomic E-state index is 8.74. The fourth-order valence-corrected chi connectivity index (χ4v) is 2.26. The zero-order valence-corrected chi connectivity index (χ0v) is 10.4. The maximum atomic E-state index is 8.74. The summed E-state index contributed by atoms with van der Waals surface area (Å²) >= 11 is 3.49. The number of para-hydroxylation sites is 1. The molecule has 0 bridgehead atoms. The normalized spacial score (nSPS) is 10.1. The van der Waals surface area contributed by atoms with E-state index >= 15 is 0 Å². The number of nitrogens with zero attached hydrogens (tertiary/aromatic N) is 3. The third-order valence-electron chi connectivity index (χ3n) is 2.38. The van der Waals surface area contributed by atoms with Crippen LogP contribution in [0.1, 0.15) is 11.3 Å². The molecule has 3 nitrogen and oxygen atoms in total. The summed E-state index contributed by atoms with van der Waals surface area (Å²) < 4.78 is 2.67. The molecule has 0 fully saturated rings. The molecule has 0 saturated carbocycles. The minimum absolute atomic E-state index is 0.374. The molecule has 0 unspecified atom stereocenters. The van der Waals surface area contributed by atoms with Gasteiger partial charge in [-0.15, -0.1) is 0 Å². The summed E-state index contributed by atoms with van der Waals surface area (Å²) in [5.41, 5.74) is 2.82. The van der Waals surface area contributed by atoms with Crippen LogP contribution in [0.5, 0.6) is 0 Å². The molecule has 0 radical (unpaired) electrons. The molecule has 1 aromatic heterocycles. The van der Waals surface area contributed by atoms with Crippen LogP contribution in [-0.2, 0) is 6.42 Å². The van der Waals surface area contributed by atoms with Crippen LogP contribution in [0.4, 0.5) is 0 Å². The minimum Gasteiger partial charge on any atom is -0.226 e. The van der Waals surface area contributed by atoms with Crippen LogP contribution < -0.4 is 0 Å². The molecule has 0 N–H and O–H groups in total. The van der Waals surface area contributed by atoms with Crippen molar-refractivity contribution < 1.29 is 0 Å². The van der Waals surface area contributed by atoms with Crippen molar-refractivity contribution in [2.75, 3.05) is 0 Å². The Balaban J connectivity index is 2.53. The van der Waals surface area contributed by atoms with Crippen LogP contribution in [0.25, 0.3) is 5.69 Å². The monoisotopic (exact) mass is 275 g/mol. The van der Waals surface area contributed by atoms with E-state index in [1.165, 1.54) is 0 Å². The summed E-state index contributed by atoms with van der Waals surface area (Å²) in [5.74, 6) is 0. The van der Waals surface area contributed by atoms with E-state index in [0.717, 1.165) is 21.5 Å². The van der Waals surface area contributed by atoms with Gasteiger partial charge in [0.15, 0.2) is 0 Å². The first-order valence-corrected chi connectivity index (χ1v) is 5.69. The van der Waals surface area contributed by atoms with Crippen LogP contribution in [0.3, 0.4) is 0 Å². The summed E-state index contributed by atoms with van der Waals surface area (Å²) in [7, 11) is 0. The van der Waals surface area contributed by atoms with Gasteiger partial charge in [-0.05, 0) is 35.0 Å². The Morgan fingerprint density at radius 1 is 1.38 bits per heavy atom. The van der Waals surface area contributed by atoms with Gasteiger partial charge in [0.05, 0.1) is 23.9 Å². The molecule has 0 spiro atoms. The molecule has 0 aliphatic rings. The van der Waals surface area contributed by atoms with E-state index in [1.54, 1.807) is 0 Å². The smallest absolute Gasteiger partial charge is 0.114 e. The summed E-state index contributed by atoms with van der Waals surface area (Å²) in [5, 5.41) is 13.2. The molecule has 1 heterocycles. The summed E-state index contributed by atoms with van der Waals surface area (Å²) in [6.45, 7) is 1.91. The highest BCUT2D eigenvalue weighted by molar-refractivity contribution is 9.10. The van der Waals surface area contributed by atoms with Gasteiger partial charge in [-0.1, -0.05) is 18.2 Å². The molecule has 1 aromatic carbocycles. The van der Waals surface area contributed by atoms with Crippen molar-refractivity contribution >= 4 is 15.9 Å². The molecule has 16 heavy (non-hydrogen) atoms. The fourth-order valence-electron chi connectivity index (χ4n) is 1.55. The van der Waals surface area contributed by atoms with Gasteiger partial charge in [-0.2, -0.15) is 10.4 Å². The van der Waals surface area contributed by atoms with Crippen molar-refractivity contribution in [3.8, 4) is 11.8 Å². The average Bonchev–Trinajstić information content (AvgIpc) is 2.59. The minimum atomic E-state index is 0.374. The quantitative estimate of drug-likeness (QED) is 0.846. The van der Waals surface area contributed by atoms with E-state index in [1.807, 2.05) is 41.9 Å². The van der Waals surface area contributed by atoms with E-state index in [9.17, 15) is 0 Å². The van der Waals surface area contributed by atoms with Gasteiger partial charge in [0.25, 0.3) is 0 Å². The third-order valence-corrected chi connectivity index (χ3v) is 3.19. The average molecular weight is 276 g/mol. The van der Waals surface area contributed by atoms with Crippen molar-refractivity contribution in [1.29, 1.82) is 5.26 Å². The Morgan fingerprint density at radius 2 is 2.06 bits per heavy atom. The van der Waals surface area contributed by atoms with Gasteiger partial charge in [0.2, 0.25) is 0 Å². The van der Waals surface area contributed by atoms with Crippen LogP contribution in [0, 0.1) is 18.3 Å². The van der Waals surface area contributed by atoms with Gasteiger partial charge in [0.1, 0.15) is 4.60 Å². The van der Waals surface area contributed by atoms with Gasteiger partial charge in [0, 0.05) is 5.56 Å². The number of benzene rings is 1. The largest absolute Gasteiger partial charge is 0.226 e. The summed E-state index contributed by atoms with van der Waals surface area (Å²) in [4.78, 5) is 0. The van der Waals surface area contributed by atoms with Crippen LogP contribution in [0.2, 0.25) is 0 Å². The topological polar surface area (TPSA) is 41.6 Å². The van der Waals surface area contributed by atoms with Crippen LogP contribution in [0.15, 0.2) is 34.9 Å². The first-order chi connectivity index (χ1) is 7.74. The van der Waals surface area contributed by atoms with Gasteiger partial charge < -0.3 is 0 Å². The Kier molecular flexibility index (Phi) is 3.07. The first-order valence-electron chi connectivity index (χ1n) is 4.90. The van der Waals surface area contributed by atoms with E-state index in [-0.39, 0.29) is 0 Å². The lowest BCUT2D eigenvalue weighted by Crippen LogP contribution is -1.96. The maximum Gasteiger partial charge on any atom is 0.114 e. The Labute approximate surface area is 102 Å². The van der Waals surface area contributed by atoms with E-state index in [0.29, 0.717) is 6.42 Å². The molecule has 0 aliphatic heterocycles. The highest BCUT2D eigenvalue weighted by Crippen LogP contribution is 2.24. The molecule has 0 amide bonds. The molecular formula is C12H10BrN3. The standard InChI is InChI=1S/C12H10BrN3/c1-9-11(7-8-14)12(13)16(15-9)10-5-3-2-4-6-10/h2-6H,7H2,1H3. The molecule has 2 rings (SSSR count). The van der Waals surface area contributed by atoms with E-state index < -0.39 is 0 Å². The molecule has 0 aliphatic carbocycles. The highest BCUT2D eigenvalue weighted by Gasteiger charge is 2.13. The van der Waals surface area contributed by atoms with Crippen molar-refractivity contribution in [1.82, 2.24) is 9.78 Å². The second-order valence-corrected chi connectivity index (χ2v) is 4.19. The van der Waals surface area contributed by atoms with Crippen molar-refractivity contribution in [2.24, 2.45) is 0 Å². The summed E-state index contributed by atoms with van der Waals surface area (Å²) in [6, 6.07) is 12.0. The van der Waals surface area contributed by atoms with Gasteiger partial charge in [-0.25, -0.2) is 4.68 Å². The van der Waals surface area contributed by atoms with Gasteiger partial charge >= 0.3 is 0 Å². The zero-order chi connectivity index (χ0) is 11.5. The number of rotatable bonds is 2. The van der Waals surface area contributed by atoms with Gasteiger partial charge in [-0.3, -0.25) is 0 Å². The van der Waals surface area contributed by atoms with E-state index in [4.69, 9.17) is 5.26 Å². The fraction of sp³-hybridized carbons (Fsp3) is 0.167. The summed E-state index contributed by atoms with van der Waals surface area (Å²) in [6.07, 6.45) is 0.374. The second kappa shape index (κ2) is 4.50. The highest BCUT2D eigenvalue weighted by atomic mass is 79.9. The van der Waals surface area contributed by atoms with Crippen molar-refractivity contribution in [3.05, 3.63) is 46.2 Å². The third kappa shape index (κ3) is 1.86. The molecule has 0 atom stereocenters. The number of halogens is 1. The Morgan fingerprint density at radius 3 is 2.69 bits per heavy atom. The lowest BCUT2D eigenvalue weighted by Gasteiger charge is -2.02. The lowest BCUT2D eigenvalue weighted by atomic mass is 10.2. The second-order valence-electron chi connectivity index (χ2n) is 3.44. The van der Waals surface area contributed by atoms with Crippen LogP contribution in [-0.4, -0.2) is 9.78 Å². The molecular weight excluding hydrogens is 266 g/mol. The predicted octanol–water partition coefficient (Wildman–Crippen LogP) is 3.01. The van der Waals surface area contributed by atoms with Crippen molar-refractivity contribution in [2.45, 2.75) is 13.3 Å². The SMILES string of the molecule is Cc1nn(-c2ccccc2)c(Br)c1CC#N. The lowest BCUT2D eigenvalue weighted by molar-refractivity contribution is 0.845. The molecule has 0 saturated heterocycles. The molecule has 4 heteroatoms.